The quantitative estimate of drug-likeness (QED) is 0.128. The van der Waals surface area contributed by atoms with Crippen molar-refractivity contribution in [1.29, 1.82) is 0 Å². The highest BCUT2D eigenvalue weighted by atomic mass is 28.4. The predicted octanol–water partition coefficient (Wildman–Crippen LogP) is 7.63. The molecular formula is C30H40O3Si. The number of hydrogen-bond donors (Lipinski definition) is 0. The molecule has 0 fully saturated rings. The van der Waals surface area contributed by atoms with Crippen molar-refractivity contribution in [2.75, 3.05) is 19.8 Å². The molecule has 0 aliphatic carbocycles. The van der Waals surface area contributed by atoms with Crippen molar-refractivity contribution in [2.45, 2.75) is 57.9 Å². The maximum absolute atomic E-state index is 6.91. The van der Waals surface area contributed by atoms with Gasteiger partial charge in [0, 0.05) is 19.3 Å². The summed E-state index contributed by atoms with van der Waals surface area (Å²) in [4.78, 5) is 0. The van der Waals surface area contributed by atoms with Crippen LogP contribution < -0.4 is 0 Å². The maximum Gasteiger partial charge on any atom is 0.500 e. The van der Waals surface area contributed by atoms with Crippen LogP contribution in [0.25, 0.3) is 0 Å². The summed E-state index contributed by atoms with van der Waals surface area (Å²) in [6.07, 6.45) is 4.67. The van der Waals surface area contributed by atoms with E-state index in [-0.39, 0.29) is 0 Å². The van der Waals surface area contributed by atoms with Crippen LogP contribution in [-0.4, -0.2) is 28.6 Å². The third-order valence-corrected chi connectivity index (χ3v) is 9.38. The van der Waals surface area contributed by atoms with Gasteiger partial charge >= 0.3 is 8.80 Å². The molecule has 0 spiro atoms. The van der Waals surface area contributed by atoms with E-state index in [4.69, 9.17) is 13.3 Å². The fraction of sp³-hybridized carbons (Fsp3) is 0.400. The largest absolute Gasteiger partial charge is 0.500 e. The van der Waals surface area contributed by atoms with Gasteiger partial charge in [0.2, 0.25) is 0 Å². The normalized spacial score (nSPS) is 12.1. The van der Waals surface area contributed by atoms with Gasteiger partial charge in [0.05, 0.1) is 12.0 Å². The molecule has 34 heavy (non-hydrogen) atoms. The van der Waals surface area contributed by atoms with Gasteiger partial charge in [-0.3, -0.25) is 0 Å². The van der Waals surface area contributed by atoms with Gasteiger partial charge in [0.15, 0.2) is 0 Å². The van der Waals surface area contributed by atoms with E-state index in [2.05, 4.69) is 97.9 Å². The van der Waals surface area contributed by atoms with E-state index in [9.17, 15) is 0 Å². The molecule has 0 aliphatic heterocycles. The van der Waals surface area contributed by atoms with Crippen molar-refractivity contribution in [3.63, 3.8) is 0 Å². The van der Waals surface area contributed by atoms with Crippen molar-refractivity contribution in [3.05, 3.63) is 108 Å². The molecule has 182 valence electrons. The number of rotatable bonds is 15. The van der Waals surface area contributed by atoms with Crippen LogP contribution in [0.15, 0.2) is 91.0 Å². The average Bonchev–Trinajstić information content (AvgIpc) is 2.89. The summed E-state index contributed by atoms with van der Waals surface area (Å²) < 4.78 is 19.6. The Morgan fingerprint density at radius 3 is 1.38 bits per heavy atom. The van der Waals surface area contributed by atoms with Gasteiger partial charge in [0.1, 0.15) is 0 Å². The predicted molar refractivity (Wildman–Crippen MR) is 143 cm³/mol. The first kappa shape index (κ1) is 26.4. The minimum atomic E-state index is -2.85. The average molecular weight is 477 g/mol. The first-order valence-electron chi connectivity index (χ1n) is 12.8. The Bertz CT molecular complexity index is 828. The standard InChI is InChI=1S/C30H40O3Si/c1-4-7-8-18-25-34(31-5-2,32-6-3)33-26-30(27-19-12-9-13-20-27,28-21-14-10-15-22-28)29-23-16-11-17-24-29/h9-17,19-24H,4-8,18,25-26H2,1-3H3. The van der Waals surface area contributed by atoms with Crippen LogP contribution in [0.5, 0.6) is 0 Å². The molecule has 0 aromatic heterocycles. The monoisotopic (exact) mass is 476 g/mol. The van der Waals surface area contributed by atoms with E-state index in [1.165, 1.54) is 36.0 Å². The van der Waals surface area contributed by atoms with Crippen LogP contribution in [0.3, 0.4) is 0 Å². The zero-order valence-corrected chi connectivity index (χ0v) is 22.0. The highest BCUT2D eigenvalue weighted by molar-refractivity contribution is 6.60. The molecule has 0 N–H and O–H groups in total. The fourth-order valence-corrected chi connectivity index (χ4v) is 7.37. The Hall–Kier alpha value is -2.24. The molecule has 0 saturated heterocycles. The summed E-state index contributed by atoms with van der Waals surface area (Å²) >= 11 is 0. The van der Waals surface area contributed by atoms with Crippen LogP contribution in [-0.2, 0) is 18.7 Å². The second-order valence-electron chi connectivity index (χ2n) is 8.65. The van der Waals surface area contributed by atoms with Crippen LogP contribution >= 0.6 is 0 Å². The lowest BCUT2D eigenvalue weighted by molar-refractivity contribution is 0.0569. The van der Waals surface area contributed by atoms with Crippen molar-refractivity contribution < 1.29 is 13.3 Å². The molecule has 3 rings (SSSR count). The van der Waals surface area contributed by atoms with E-state index in [0.717, 1.165) is 12.5 Å². The van der Waals surface area contributed by atoms with Crippen molar-refractivity contribution in [2.24, 2.45) is 0 Å². The molecule has 0 heterocycles. The summed E-state index contributed by atoms with van der Waals surface area (Å²) in [6, 6.07) is 32.9. The van der Waals surface area contributed by atoms with E-state index in [1.807, 2.05) is 13.8 Å². The van der Waals surface area contributed by atoms with Gasteiger partial charge in [-0.2, -0.15) is 0 Å². The van der Waals surface area contributed by atoms with Crippen LogP contribution in [0.1, 0.15) is 63.1 Å². The zero-order valence-electron chi connectivity index (χ0n) is 21.0. The number of hydrogen-bond acceptors (Lipinski definition) is 3. The fourth-order valence-electron chi connectivity index (χ4n) is 4.69. The Morgan fingerprint density at radius 1 is 0.559 bits per heavy atom. The summed E-state index contributed by atoms with van der Waals surface area (Å²) in [6.45, 7) is 7.96. The second kappa shape index (κ2) is 13.6. The zero-order chi connectivity index (χ0) is 24.1. The molecule has 0 unspecified atom stereocenters. The lowest BCUT2D eigenvalue weighted by Crippen LogP contribution is -2.49. The molecule has 3 aromatic carbocycles. The van der Waals surface area contributed by atoms with Crippen molar-refractivity contribution in [1.82, 2.24) is 0 Å². The Balaban J connectivity index is 2.07. The minimum Gasteiger partial charge on any atom is -0.374 e. The molecule has 0 radical (unpaired) electrons. The highest BCUT2D eigenvalue weighted by Gasteiger charge is 2.45. The molecule has 4 heteroatoms. The molecule has 3 nitrogen and oxygen atoms in total. The molecule has 3 aromatic rings. The van der Waals surface area contributed by atoms with Gasteiger partial charge in [-0.1, -0.05) is 117 Å². The third kappa shape index (κ3) is 6.45. The van der Waals surface area contributed by atoms with Crippen molar-refractivity contribution >= 4 is 8.80 Å². The molecular weight excluding hydrogens is 436 g/mol. The topological polar surface area (TPSA) is 27.7 Å². The minimum absolute atomic E-state index is 0.463. The van der Waals surface area contributed by atoms with Crippen molar-refractivity contribution in [3.8, 4) is 0 Å². The molecule has 0 aliphatic rings. The van der Waals surface area contributed by atoms with Crippen LogP contribution in [0.2, 0.25) is 6.04 Å². The number of benzene rings is 3. The van der Waals surface area contributed by atoms with Gasteiger partial charge in [-0.15, -0.1) is 0 Å². The SMILES string of the molecule is CCCCCC[Si](OCC)(OCC)OCC(c1ccccc1)(c1ccccc1)c1ccccc1. The summed E-state index contributed by atoms with van der Waals surface area (Å²) in [7, 11) is -2.85. The lowest BCUT2D eigenvalue weighted by Gasteiger charge is -2.39. The van der Waals surface area contributed by atoms with Gasteiger partial charge in [-0.25, -0.2) is 0 Å². The third-order valence-electron chi connectivity index (χ3n) is 6.37. The lowest BCUT2D eigenvalue weighted by atomic mass is 9.70. The summed E-state index contributed by atoms with van der Waals surface area (Å²) in [5.74, 6) is 0. The van der Waals surface area contributed by atoms with E-state index in [0.29, 0.717) is 19.8 Å². The smallest absolute Gasteiger partial charge is 0.374 e. The van der Waals surface area contributed by atoms with Gasteiger partial charge in [-0.05, 0) is 37.0 Å². The molecule has 0 atom stereocenters. The Morgan fingerprint density at radius 2 is 1.00 bits per heavy atom. The number of unbranched alkanes of at least 4 members (excludes halogenated alkanes) is 3. The molecule has 0 amide bonds. The van der Waals surface area contributed by atoms with Crippen LogP contribution in [0, 0.1) is 0 Å². The Kier molecular flexibility index (Phi) is 10.5. The Labute approximate surface area is 207 Å². The van der Waals surface area contributed by atoms with E-state index >= 15 is 0 Å². The molecule has 0 bridgehead atoms. The molecule has 0 saturated carbocycles. The van der Waals surface area contributed by atoms with Crippen LogP contribution in [0.4, 0.5) is 0 Å². The second-order valence-corrected chi connectivity index (χ2v) is 11.4. The summed E-state index contributed by atoms with van der Waals surface area (Å²) in [5.41, 5.74) is 3.14. The summed E-state index contributed by atoms with van der Waals surface area (Å²) in [5, 5.41) is 0. The van der Waals surface area contributed by atoms with Gasteiger partial charge < -0.3 is 13.3 Å². The van der Waals surface area contributed by atoms with E-state index in [1.54, 1.807) is 0 Å². The van der Waals surface area contributed by atoms with Gasteiger partial charge in [0.25, 0.3) is 0 Å². The van der Waals surface area contributed by atoms with E-state index < -0.39 is 14.2 Å². The maximum atomic E-state index is 6.91. The first-order chi connectivity index (χ1) is 16.7. The first-order valence-corrected chi connectivity index (χ1v) is 14.7. The highest BCUT2D eigenvalue weighted by Crippen LogP contribution is 2.40.